The second kappa shape index (κ2) is 16.6. The van der Waals surface area contributed by atoms with Crippen LogP contribution in [0, 0.1) is 0 Å². The van der Waals surface area contributed by atoms with E-state index in [0.717, 1.165) is 138 Å². The maximum Gasteiger partial charge on any atom is 0.240 e. The van der Waals surface area contributed by atoms with E-state index in [1.54, 1.807) is 0 Å². The van der Waals surface area contributed by atoms with Crippen LogP contribution in [0.2, 0.25) is 0 Å². The highest BCUT2D eigenvalue weighted by atomic mass is 16.3. The molecule has 0 spiro atoms. The van der Waals surface area contributed by atoms with E-state index >= 15 is 0 Å². The molecule has 7 heteroatoms. The Kier molecular flexibility index (Phi) is 9.20. The highest BCUT2D eigenvalue weighted by Crippen LogP contribution is 2.41. The number of hydrogen-bond acceptors (Lipinski definition) is 5. The standard InChI is InChI=1S/C69H41N5O2/c1-2-15-42(16-3-1)49-19-4-5-20-50(49)47-17-14-18-48(37-47)67-70-68(73-59-25-10-6-21-51(59)53-33-29-45(40-61(53)73)43-31-35-65-57(38-43)55-23-8-12-27-63(55)75-65)72-69(71-67)74-60-26-11-7-22-52(60)54-34-30-46(41-62(54)74)44-32-36-66-58(39-44)56-24-9-13-28-64(56)76-66/h1-41H. The van der Waals surface area contributed by atoms with Crippen molar-refractivity contribution in [2.24, 2.45) is 0 Å². The number of nitrogens with zero attached hydrogens (tertiary/aromatic N) is 5. The van der Waals surface area contributed by atoms with Gasteiger partial charge >= 0.3 is 0 Å². The molecule has 0 aliphatic rings. The van der Waals surface area contributed by atoms with Gasteiger partial charge in [-0.15, -0.1) is 0 Å². The Hall–Kier alpha value is -10.4. The Morgan fingerprint density at radius 2 is 0.645 bits per heavy atom. The molecule has 5 aromatic heterocycles. The van der Waals surface area contributed by atoms with Crippen molar-refractivity contribution in [2.75, 3.05) is 0 Å². The summed E-state index contributed by atoms with van der Waals surface area (Å²) >= 11 is 0. The Morgan fingerprint density at radius 1 is 0.237 bits per heavy atom. The van der Waals surface area contributed by atoms with Gasteiger partial charge in [-0.05, 0) is 111 Å². The number of para-hydroxylation sites is 4. The fourth-order valence-electron chi connectivity index (χ4n) is 11.7. The van der Waals surface area contributed by atoms with Crippen LogP contribution in [0.25, 0.3) is 155 Å². The summed E-state index contributed by atoms with van der Waals surface area (Å²) < 4.78 is 16.9. The van der Waals surface area contributed by atoms with Crippen LogP contribution >= 0.6 is 0 Å². The number of rotatable bonds is 7. The molecule has 0 aliphatic heterocycles. The van der Waals surface area contributed by atoms with Gasteiger partial charge in [-0.25, -0.2) is 0 Å². The lowest BCUT2D eigenvalue weighted by atomic mass is 9.94. The number of aromatic nitrogens is 5. The third kappa shape index (κ3) is 6.59. The zero-order chi connectivity index (χ0) is 49.8. The van der Waals surface area contributed by atoms with E-state index in [2.05, 4.69) is 234 Å². The molecule has 0 N–H and O–H groups in total. The van der Waals surface area contributed by atoms with Crippen molar-refractivity contribution in [2.45, 2.75) is 0 Å². The van der Waals surface area contributed by atoms with Crippen LogP contribution in [0.1, 0.15) is 0 Å². The van der Waals surface area contributed by atoms with Crippen LogP contribution in [0.4, 0.5) is 0 Å². The monoisotopic (exact) mass is 971 g/mol. The molecule has 0 aliphatic carbocycles. The van der Waals surface area contributed by atoms with Gasteiger partial charge in [0, 0.05) is 48.7 Å². The van der Waals surface area contributed by atoms with Crippen molar-refractivity contribution in [1.82, 2.24) is 24.1 Å². The molecule has 0 unspecified atom stereocenters. The summed E-state index contributed by atoms with van der Waals surface area (Å²) in [4.78, 5) is 16.6. The molecule has 0 saturated heterocycles. The normalized spacial score (nSPS) is 11.9. The minimum absolute atomic E-state index is 0.508. The summed E-state index contributed by atoms with van der Waals surface area (Å²) in [7, 11) is 0. The number of benzene rings is 11. The average molecular weight is 972 g/mol. The van der Waals surface area contributed by atoms with E-state index in [-0.39, 0.29) is 0 Å². The van der Waals surface area contributed by atoms with E-state index in [9.17, 15) is 0 Å². The fourth-order valence-corrected chi connectivity index (χ4v) is 11.7. The number of fused-ring (bicyclic) bond motifs is 12. The lowest BCUT2D eigenvalue weighted by molar-refractivity contribution is 0.668. The molecule has 0 amide bonds. The maximum atomic E-state index is 6.26. The first kappa shape index (κ1) is 42.2. The van der Waals surface area contributed by atoms with E-state index in [1.807, 2.05) is 24.3 Å². The quantitative estimate of drug-likeness (QED) is 0.159. The molecule has 5 heterocycles. The molecule has 0 fully saturated rings. The summed E-state index contributed by atoms with van der Waals surface area (Å²) in [5, 5.41) is 8.76. The maximum absolute atomic E-state index is 6.26. The van der Waals surface area contributed by atoms with Crippen LogP contribution in [-0.4, -0.2) is 24.1 Å². The van der Waals surface area contributed by atoms with Crippen molar-refractivity contribution < 1.29 is 8.83 Å². The van der Waals surface area contributed by atoms with Gasteiger partial charge in [0.1, 0.15) is 22.3 Å². The molecule has 0 atom stereocenters. The summed E-state index contributed by atoms with van der Waals surface area (Å²) in [6, 6.07) is 87.7. The molecular formula is C69H41N5O2. The molecule has 16 rings (SSSR count). The molecule has 7 nitrogen and oxygen atoms in total. The van der Waals surface area contributed by atoms with Gasteiger partial charge in [0.05, 0.1) is 22.1 Å². The highest BCUT2D eigenvalue weighted by molar-refractivity contribution is 6.13. The van der Waals surface area contributed by atoms with Crippen LogP contribution in [0.3, 0.4) is 0 Å². The van der Waals surface area contributed by atoms with E-state index < -0.39 is 0 Å². The van der Waals surface area contributed by atoms with Gasteiger partial charge in [0.25, 0.3) is 0 Å². The van der Waals surface area contributed by atoms with Gasteiger partial charge in [-0.2, -0.15) is 15.0 Å². The van der Waals surface area contributed by atoms with Crippen LogP contribution in [0.15, 0.2) is 258 Å². The molecule has 0 bridgehead atoms. The molecule has 11 aromatic carbocycles. The van der Waals surface area contributed by atoms with Crippen LogP contribution in [-0.2, 0) is 0 Å². The average Bonchev–Trinajstić information content (AvgIpc) is 4.25. The van der Waals surface area contributed by atoms with Gasteiger partial charge in [0.15, 0.2) is 5.82 Å². The van der Waals surface area contributed by atoms with E-state index in [0.29, 0.717) is 17.7 Å². The first-order chi connectivity index (χ1) is 37.6. The van der Waals surface area contributed by atoms with Gasteiger partial charge in [-0.1, -0.05) is 182 Å². The predicted molar refractivity (Wildman–Crippen MR) is 310 cm³/mol. The number of hydrogen-bond donors (Lipinski definition) is 0. The summed E-state index contributed by atoms with van der Waals surface area (Å²) in [6.45, 7) is 0. The zero-order valence-corrected chi connectivity index (χ0v) is 40.7. The highest BCUT2D eigenvalue weighted by Gasteiger charge is 2.23. The molecule has 0 saturated carbocycles. The minimum Gasteiger partial charge on any atom is -0.456 e. The first-order valence-corrected chi connectivity index (χ1v) is 25.6. The molecule has 16 aromatic rings. The smallest absolute Gasteiger partial charge is 0.240 e. The predicted octanol–water partition coefficient (Wildman–Crippen LogP) is 18.2. The largest absolute Gasteiger partial charge is 0.456 e. The van der Waals surface area contributed by atoms with E-state index in [1.165, 1.54) is 0 Å². The van der Waals surface area contributed by atoms with Crippen molar-refractivity contribution in [1.29, 1.82) is 0 Å². The molecular weight excluding hydrogens is 931 g/mol. The van der Waals surface area contributed by atoms with Crippen molar-refractivity contribution >= 4 is 87.5 Å². The second-order valence-electron chi connectivity index (χ2n) is 19.5. The van der Waals surface area contributed by atoms with Crippen molar-refractivity contribution in [3.8, 4) is 67.8 Å². The first-order valence-electron chi connectivity index (χ1n) is 25.6. The second-order valence-corrected chi connectivity index (χ2v) is 19.5. The van der Waals surface area contributed by atoms with Crippen LogP contribution in [0.5, 0.6) is 0 Å². The van der Waals surface area contributed by atoms with Gasteiger partial charge < -0.3 is 8.83 Å². The molecule has 76 heavy (non-hydrogen) atoms. The SMILES string of the molecule is c1ccc(-c2ccccc2-c2cccc(-c3nc(-n4c5ccccc5c5ccc(-c6ccc7oc8ccccc8c7c6)cc54)nc(-n4c5ccccc5c5ccc(-c6ccc7oc8ccccc8c7c6)cc54)n3)c2)cc1. The summed E-state index contributed by atoms with van der Waals surface area (Å²) in [5.74, 6) is 1.57. The number of furan rings is 2. The summed E-state index contributed by atoms with van der Waals surface area (Å²) in [6.07, 6.45) is 0. The topological polar surface area (TPSA) is 74.8 Å². The third-order valence-electron chi connectivity index (χ3n) is 15.2. The van der Waals surface area contributed by atoms with Crippen LogP contribution < -0.4 is 0 Å². The van der Waals surface area contributed by atoms with Crippen molar-refractivity contribution in [3.05, 3.63) is 249 Å². The lowest BCUT2D eigenvalue weighted by Gasteiger charge is -2.14. The Bertz CT molecular complexity index is 4770. The Balaban J connectivity index is 0.942. The van der Waals surface area contributed by atoms with Crippen molar-refractivity contribution in [3.63, 3.8) is 0 Å². The third-order valence-corrected chi connectivity index (χ3v) is 15.2. The zero-order valence-electron chi connectivity index (χ0n) is 40.7. The minimum atomic E-state index is 0.508. The lowest BCUT2D eigenvalue weighted by Crippen LogP contribution is -2.10. The van der Waals surface area contributed by atoms with E-state index in [4.69, 9.17) is 23.8 Å². The Morgan fingerprint density at radius 3 is 1.21 bits per heavy atom. The van der Waals surface area contributed by atoms with Gasteiger partial charge in [0.2, 0.25) is 11.9 Å². The van der Waals surface area contributed by atoms with Gasteiger partial charge in [-0.3, -0.25) is 9.13 Å². The summed E-state index contributed by atoms with van der Waals surface area (Å²) in [5.41, 5.74) is 17.1. The Labute approximate surface area is 434 Å². The molecule has 0 radical (unpaired) electrons. The molecule has 354 valence electrons. The fraction of sp³-hybridized carbons (Fsp3) is 0.